The Hall–Kier alpha value is -3.15. The monoisotopic (exact) mass is 392 g/mol. The van der Waals surface area contributed by atoms with Crippen LogP contribution in [0.25, 0.3) is 5.65 Å². The van der Waals surface area contributed by atoms with Crippen molar-refractivity contribution >= 4 is 17.4 Å². The summed E-state index contributed by atoms with van der Waals surface area (Å²) in [6, 6.07) is 11.5. The summed E-state index contributed by atoms with van der Waals surface area (Å²) in [7, 11) is 1.40. The van der Waals surface area contributed by atoms with Crippen LogP contribution in [0, 0.1) is 6.92 Å². The number of ketones is 1. The number of benzene rings is 1. The molecule has 2 heterocycles. The molecule has 6 heteroatoms. The van der Waals surface area contributed by atoms with Crippen LogP contribution in [0.4, 0.5) is 0 Å². The van der Waals surface area contributed by atoms with E-state index in [9.17, 15) is 9.59 Å². The highest BCUT2D eigenvalue weighted by atomic mass is 16.5. The average molecular weight is 392 g/mol. The van der Waals surface area contributed by atoms with E-state index in [1.807, 2.05) is 56.4 Å². The zero-order chi connectivity index (χ0) is 20.5. The molecule has 150 valence electrons. The standard InChI is InChI=1S/C23H24N2O4/c1-4-29-20-10-7-11-25-21(14(2)24-22(20)25)19(26)13-15-12-18(23(27)28-3)17-9-6-5-8-16(15)17/h5-11,15,18H,4,12-13H2,1-3H3/t15-,18-/m1/s1. The van der Waals surface area contributed by atoms with E-state index in [1.165, 1.54) is 7.11 Å². The highest BCUT2D eigenvalue weighted by Crippen LogP contribution is 2.44. The molecule has 0 N–H and O–H groups in total. The van der Waals surface area contributed by atoms with E-state index in [2.05, 4.69) is 4.98 Å². The number of rotatable bonds is 6. The lowest BCUT2D eigenvalue weighted by molar-refractivity contribution is -0.142. The molecule has 0 fully saturated rings. The zero-order valence-corrected chi connectivity index (χ0v) is 16.8. The lowest BCUT2D eigenvalue weighted by Crippen LogP contribution is -2.13. The molecule has 0 amide bonds. The Morgan fingerprint density at radius 3 is 2.66 bits per heavy atom. The number of aryl methyl sites for hydroxylation is 1. The lowest BCUT2D eigenvalue weighted by Gasteiger charge is -2.11. The van der Waals surface area contributed by atoms with Gasteiger partial charge in [0.05, 0.1) is 25.3 Å². The van der Waals surface area contributed by atoms with Crippen LogP contribution in [0.5, 0.6) is 5.75 Å². The van der Waals surface area contributed by atoms with Crippen molar-refractivity contribution in [2.24, 2.45) is 0 Å². The molecule has 3 aromatic rings. The Balaban J connectivity index is 1.66. The Labute approximate surface area is 169 Å². The molecule has 6 nitrogen and oxygen atoms in total. The van der Waals surface area contributed by atoms with E-state index < -0.39 is 0 Å². The number of fused-ring (bicyclic) bond motifs is 2. The molecular weight excluding hydrogens is 368 g/mol. The number of ether oxygens (including phenoxy) is 2. The van der Waals surface area contributed by atoms with Crippen molar-refractivity contribution in [1.82, 2.24) is 9.38 Å². The molecule has 0 aliphatic heterocycles. The minimum absolute atomic E-state index is 0.00830. The Kier molecular flexibility index (Phi) is 5.09. The van der Waals surface area contributed by atoms with Crippen molar-refractivity contribution in [3.8, 4) is 5.75 Å². The van der Waals surface area contributed by atoms with Crippen molar-refractivity contribution in [1.29, 1.82) is 0 Å². The van der Waals surface area contributed by atoms with Gasteiger partial charge in [-0.1, -0.05) is 24.3 Å². The molecule has 1 aliphatic carbocycles. The smallest absolute Gasteiger partial charge is 0.313 e. The number of hydrogen-bond donors (Lipinski definition) is 0. The first-order valence-corrected chi connectivity index (χ1v) is 9.85. The van der Waals surface area contributed by atoms with Crippen LogP contribution in [0.3, 0.4) is 0 Å². The molecule has 2 atom stereocenters. The second-order valence-corrected chi connectivity index (χ2v) is 7.31. The highest BCUT2D eigenvalue weighted by Gasteiger charge is 2.37. The number of carbonyl (C=O) groups is 2. The Bertz CT molecular complexity index is 1090. The van der Waals surface area contributed by atoms with Crippen LogP contribution in [-0.2, 0) is 9.53 Å². The summed E-state index contributed by atoms with van der Waals surface area (Å²) in [6.45, 7) is 4.29. The van der Waals surface area contributed by atoms with Gasteiger partial charge in [-0.2, -0.15) is 0 Å². The minimum Gasteiger partial charge on any atom is -0.490 e. The van der Waals surface area contributed by atoms with Gasteiger partial charge in [0, 0.05) is 12.6 Å². The minimum atomic E-state index is -0.318. The fraction of sp³-hybridized carbons (Fsp3) is 0.348. The molecule has 4 rings (SSSR count). The third-order valence-electron chi connectivity index (χ3n) is 5.60. The largest absolute Gasteiger partial charge is 0.490 e. The molecule has 1 aromatic carbocycles. The van der Waals surface area contributed by atoms with E-state index in [0.29, 0.717) is 42.2 Å². The maximum Gasteiger partial charge on any atom is 0.313 e. The van der Waals surface area contributed by atoms with Crippen LogP contribution in [0.1, 0.15) is 58.9 Å². The number of carbonyl (C=O) groups excluding carboxylic acids is 2. The lowest BCUT2D eigenvalue weighted by atomic mass is 9.94. The zero-order valence-electron chi connectivity index (χ0n) is 16.8. The number of aromatic nitrogens is 2. The number of imidazole rings is 1. The molecule has 2 aromatic heterocycles. The van der Waals surface area contributed by atoms with Crippen LogP contribution in [0.2, 0.25) is 0 Å². The highest BCUT2D eigenvalue weighted by molar-refractivity contribution is 5.97. The molecule has 0 saturated carbocycles. The van der Waals surface area contributed by atoms with Crippen LogP contribution >= 0.6 is 0 Å². The molecule has 0 radical (unpaired) electrons. The fourth-order valence-electron chi connectivity index (χ4n) is 4.38. The maximum atomic E-state index is 13.3. The van der Waals surface area contributed by atoms with Crippen LogP contribution < -0.4 is 4.74 Å². The van der Waals surface area contributed by atoms with Gasteiger partial charge in [-0.3, -0.25) is 14.0 Å². The number of nitrogens with zero attached hydrogens (tertiary/aromatic N) is 2. The molecule has 0 spiro atoms. The second kappa shape index (κ2) is 7.70. The fourth-order valence-corrected chi connectivity index (χ4v) is 4.38. The summed E-state index contributed by atoms with van der Waals surface area (Å²) in [5.74, 6) is 0.0764. The number of pyridine rings is 1. The van der Waals surface area contributed by atoms with E-state index in [1.54, 1.807) is 4.40 Å². The van der Waals surface area contributed by atoms with Gasteiger partial charge < -0.3 is 9.47 Å². The SMILES string of the molecule is CCOc1cccn2c(C(=O)C[C@H]3C[C@@H](C(=O)OC)c4ccccc43)c(C)nc12. The van der Waals surface area contributed by atoms with Gasteiger partial charge in [0.1, 0.15) is 5.69 Å². The predicted molar refractivity (Wildman–Crippen MR) is 109 cm³/mol. The summed E-state index contributed by atoms with van der Waals surface area (Å²) < 4.78 is 12.4. The normalized spacial score (nSPS) is 17.9. The Morgan fingerprint density at radius 1 is 1.17 bits per heavy atom. The van der Waals surface area contributed by atoms with Crippen molar-refractivity contribution in [3.05, 3.63) is 65.1 Å². The molecule has 0 unspecified atom stereocenters. The first-order valence-electron chi connectivity index (χ1n) is 9.85. The maximum absolute atomic E-state index is 13.3. The molecule has 0 bridgehead atoms. The van der Waals surface area contributed by atoms with Crippen molar-refractivity contribution in [2.75, 3.05) is 13.7 Å². The van der Waals surface area contributed by atoms with Crippen LogP contribution in [-0.4, -0.2) is 34.9 Å². The van der Waals surface area contributed by atoms with Gasteiger partial charge in [0.2, 0.25) is 0 Å². The van der Waals surface area contributed by atoms with Gasteiger partial charge in [-0.25, -0.2) is 4.98 Å². The molecule has 1 aliphatic rings. The molecule has 0 saturated heterocycles. The quantitative estimate of drug-likeness (QED) is 0.467. The second-order valence-electron chi connectivity index (χ2n) is 7.31. The van der Waals surface area contributed by atoms with Crippen molar-refractivity contribution in [3.63, 3.8) is 0 Å². The van der Waals surface area contributed by atoms with E-state index in [-0.39, 0.29) is 23.6 Å². The van der Waals surface area contributed by atoms with Gasteiger partial charge in [0.25, 0.3) is 0 Å². The van der Waals surface area contributed by atoms with Crippen LogP contribution in [0.15, 0.2) is 42.6 Å². The average Bonchev–Trinajstić information content (AvgIpc) is 3.26. The van der Waals surface area contributed by atoms with Gasteiger partial charge in [-0.05, 0) is 49.4 Å². The topological polar surface area (TPSA) is 69.9 Å². The number of hydrogen-bond acceptors (Lipinski definition) is 5. The van der Waals surface area contributed by atoms with E-state index >= 15 is 0 Å². The molecule has 29 heavy (non-hydrogen) atoms. The summed E-state index contributed by atoms with van der Waals surface area (Å²) in [5.41, 5.74) is 3.91. The first kappa shape index (κ1) is 19.2. The van der Waals surface area contributed by atoms with E-state index in [4.69, 9.17) is 9.47 Å². The number of esters is 1. The third kappa shape index (κ3) is 3.28. The summed E-state index contributed by atoms with van der Waals surface area (Å²) in [6.07, 6.45) is 2.74. The summed E-state index contributed by atoms with van der Waals surface area (Å²) in [5, 5.41) is 0. The van der Waals surface area contributed by atoms with Gasteiger partial charge in [-0.15, -0.1) is 0 Å². The predicted octanol–water partition coefficient (Wildman–Crippen LogP) is 4.06. The van der Waals surface area contributed by atoms with Crippen molar-refractivity contribution < 1.29 is 19.1 Å². The summed E-state index contributed by atoms with van der Waals surface area (Å²) in [4.78, 5) is 30.1. The van der Waals surface area contributed by atoms with Crippen molar-refractivity contribution in [2.45, 2.75) is 38.5 Å². The summed E-state index contributed by atoms with van der Waals surface area (Å²) >= 11 is 0. The first-order chi connectivity index (χ1) is 14.0. The third-order valence-corrected chi connectivity index (χ3v) is 5.60. The molecular formula is C23H24N2O4. The van der Waals surface area contributed by atoms with Gasteiger partial charge in [0.15, 0.2) is 17.2 Å². The number of methoxy groups -OCH3 is 1. The number of Topliss-reactive ketones (excluding diaryl/α,β-unsaturated/α-hetero) is 1. The Morgan fingerprint density at radius 2 is 1.93 bits per heavy atom. The van der Waals surface area contributed by atoms with E-state index in [0.717, 1.165) is 11.1 Å². The van der Waals surface area contributed by atoms with Gasteiger partial charge >= 0.3 is 5.97 Å².